The molecule has 0 radical (unpaired) electrons. The molecule has 0 rings (SSSR count). The molecule has 70 valence electrons. The van der Waals surface area contributed by atoms with Crippen molar-refractivity contribution in [3.63, 3.8) is 0 Å². The third-order valence-electron chi connectivity index (χ3n) is 1.32. The van der Waals surface area contributed by atoms with Gasteiger partial charge in [-0.1, -0.05) is 0 Å². The van der Waals surface area contributed by atoms with Gasteiger partial charge >= 0.3 is 0 Å². The summed E-state index contributed by atoms with van der Waals surface area (Å²) >= 11 is 0. The minimum Gasteiger partial charge on any atom is -0.382 e. The van der Waals surface area contributed by atoms with Crippen molar-refractivity contribution in [2.75, 3.05) is 0 Å². The van der Waals surface area contributed by atoms with Gasteiger partial charge in [0.2, 0.25) is 11.6 Å². The van der Waals surface area contributed by atoms with Crippen molar-refractivity contribution < 1.29 is 19.8 Å². The Hall–Kier alpha value is -0.740. The fourth-order valence-electron chi connectivity index (χ4n) is 0.556. The molecule has 0 atom stereocenters. The van der Waals surface area contributed by atoms with Crippen molar-refractivity contribution in [1.29, 1.82) is 0 Å². The fourth-order valence-corrected chi connectivity index (χ4v) is 0.556. The lowest BCUT2D eigenvalue weighted by atomic mass is 9.91. The summed E-state index contributed by atoms with van der Waals surface area (Å²) in [4.78, 5) is 22.1. The lowest BCUT2D eigenvalue weighted by molar-refractivity contribution is -0.154. The Morgan fingerprint density at radius 3 is 1.08 bits per heavy atom. The highest BCUT2D eigenvalue weighted by atomic mass is 16.3. The molecule has 0 bridgehead atoms. The first-order chi connectivity index (χ1) is 5.07. The first-order valence-electron chi connectivity index (χ1n) is 3.61. The summed E-state index contributed by atoms with van der Waals surface area (Å²) in [6, 6.07) is 0. The standard InChI is InChI=1S/C8H14O4/c1-7(2,11)5(9)6(10)8(3,4)12/h11-12H,1-4H3. The van der Waals surface area contributed by atoms with E-state index < -0.39 is 22.8 Å². The number of aliphatic hydroxyl groups is 2. The zero-order valence-corrected chi connectivity index (χ0v) is 7.71. The molecule has 0 unspecified atom stereocenters. The predicted molar refractivity (Wildman–Crippen MR) is 42.6 cm³/mol. The molecular formula is C8H14O4. The van der Waals surface area contributed by atoms with Crippen LogP contribution >= 0.6 is 0 Å². The van der Waals surface area contributed by atoms with E-state index in [1.165, 1.54) is 27.7 Å². The minimum absolute atomic E-state index is 0.977. The molecule has 0 aromatic carbocycles. The van der Waals surface area contributed by atoms with Gasteiger partial charge in [-0.15, -0.1) is 0 Å². The minimum atomic E-state index is -1.71. The summed E-state index contributed by atoms with van der Waals surface area (Å²) in [5.41, 5.74) is -3.42. The normalized spacial score (nSPS) is 12.8. The Morgan fingerprint density at radius 1 is 0.833 bits per heavy atom. The van der Waals surface area contributed by atoms with E-state index in [0.29, 0.717) is 0 Å². The molecule has 0 aromatic rings. The second kappa shape index (κ2) is 2.95. The maximum Gasteiger partial charge on any atom is 0.232 e. The molecule has 0 spiro atoms. The third kappa shape index (κ3) is 2.71. The van der Waals surface area contributed by atoms with Crippen LogP contribution in [0.1, 0.15) is 27.7 Å². The largest absolute Gasteiger partial charge is 0.382 e. The number of rotatable bonds is 3. The first-order valence-corrected chi connectivity index (χ1v) is 3.61. The topological polar surface area (TPSA) is 74.6 Å². The molecule has 0 heterocycles. The Morgan fingerprint density at radius 2 is 1.00 bits per heavy atom. The molecule has 4 heteroatoms. The van der Waals surface area contributed by atoms with Crippen LogP contribution in [-0.4, -0.2) is 33.0 Å². The van der Waals surface area contributed by atoms with Gasteiger partial charge in [-0.25, -0.2) is 0 Å². The van der Waals surface area contributed by atoms with Crippen LogP contribution in [-0.2, 0) is 9.59 Å². The first kappa shape index (κ1) is 11.3. The van der Waals surface area contributed by atoms with Gasteiger partial charge in [-0.05, 0) is 27.7 Å². The Bertz CT molecular complexity index is 180. The Kier molecular flexibility index (Phi) is 2.77. The van der Waals surface area contributed by atoms with Gasteiger partial charge in [0, 0.05) is 0 Å². The van der Waals surface area contributed by atoms with Crippen LogP contribution in [0.15, 0.2) is 0 Å². The third-order valence-corrected chi connectivity index (χ3v) is 1.32. The van der Waals surface area contributed by atoms with Gasteiger partial charge in [-0.2, -0.15) is 0 Å². The van der Waals surface area contributed by atoms with Gasteiger partial charge in [0.1, 0.15) is 11.2 Å². The highest BCUT2D eigenvalue weighted by Crippen LogP contribution is 2.11. The van der Waals surface area contributed by atoms with Gasteiger partial charge in [-0.3, -0.25) is 9.59 Å². The predicted octanol–water partition coefficient (Wildman–Crippen LogP) is -0.334. The fraction of sp³-hybridized carbons (Fsp3) is 0.750. The van der Waals surface area contributed by atoms with Crippen molar-refractivity contribution in [2.24, 2.45) is 0 Å². The van der Waals surface area contributed by atoms with E-state index in [4.69, 9.17) is 10.2 Å². The summed E-state index contributed by atoms with van der Waals surface area (Å²) in [6.45, 7) is 4.83. The smallest absolute Gasteiger partial charge is 0.232 e. The molecular weight excluding hydrogens is 160 g/mol. The molecule has 0 amide bonds. The Labute approximate surface area is 71.2 Å². The van der Waals surface area contributed by atoms with E-state index in [0.717, 1.165) is 0 Å². The number of hydrogen-bond acceptors (Lipinski definition) is 4. The molecule has 2 N–H and O–H groups in total. The van der Waals surface area contributed by atoms with Crippen molar-refractivity contribution in [2.45, 2.75) is 38.9 Å². The summed E-state index contributed by atoms with van der Waals surface area (Å²) in [5, 5.41) is 18.3. The van der Waals surface area contributed by atoms with Crippen LogP contribution in [0, 0.1) is 0 Å². The summed E-state index contributed by atoms with van der Waals surface area (Å²) in [5.74, 6) is -1.95. The number of Topliss-reactive ketones (excluding diaryl/α,β-unsaturated/α-hetero) is 2. The van der Waals surface area contributed by atoms with E-state index in [1.807, 2.05) is 0 Å². The zero-order valence-electron chi connectivity index (χ0n) is 7.71. The molecule has 4 nitrogen and oxygen atoms in total. The molecule has 0 saturated heterocycles. The average Bonchev–Trinajstić information content (AvgIpc) is 1.80. The molecule has 0 aliphatic rings. The van der Waals surface area contributed by atoms with E-state index in [9.17, 15) is 9.59 Å². The van der Waals surface area contributed by atoms with Crippen LogP contribution in [0.2, 0.25) is 0 Å². The van der Waals surface area contributed by atoms with Crippen molar-refractivity contribution >= 4 is 11.6 Å². The molecule has 0 aliphatic heterocycles. The van der Waals surface area contributed by atoms with Gasteiger partial charge in [0.25, 0.3) is 0 Å². The van der Waals surface area contributed by atoms with Crippen LogP contribution in [0.3, 0.4) is 0 Å². The second-order valence-electron chi connectivity index (χ2n) is 3.78. The molecule has 0 saturated carbocycles. The quantitative estimate of drug-likeness (QED) is 0.574. The van der Waals surface area contributed by atoms with Gasteiger partial charge in [0.15, 0.2) is 0 Å². The summed E-state index contributed by atoms with van der Waals surface area (Å²) in [7, 11) is 0. The van der Waals surface area contributed by atoms with Crippen LogP contribution < -0.4 is 0 Å². The van der Waals surface area contributed by atoms with Crippen molar-refractivity contribution in [1.82, 2.24) is 0 Å². The van der Waals surface area contributed by atoms with Crippen LogP contribution in [0.4, 0.5) is 0 Å². The number of hydrogen-bond donors (Lipinski definition) is 2. The summed E-state index contributed by atoms with van der Waals surface area (Å²) in [6.07, 6.45) is 0. The lowest BCUT2D eigenvalue weighted by Crippen LogP contribution is -2.46. The molecule has 0 aromatic heterocycles. The lowest BCUT2D eigenvalue weighted by Gasteiger charge is -2.20. The SMILES string of the molecule is CC(C)(O)C(=O)C(=O)C(C)(C)O. The Balaban J connectivity index is 4.66. The van der Waals surface area contributed by atoms with Crippen molar-refractivity contribution in [3.8, 4) is 0 Å². The zero-order chi connectivity index (χ0) is 10.2. The van der Waals surface area contributed by atoms with E-state index in [-0.39, 0.29) is 0 Å². The average molecular weight is 174 g/mol. The molecule has 12 heavy (non-hydrogen) atoms. The molecule has 0 aliphatic carbocycles. The maximum absolute atomic E-state index is 11.1. The second-order valence-corrected chi connectivity index (χ2v) is 3.78. The van der Waals surface area contributed by atoms with Gasteiger partial charge < -0.3 is 10.2 Å². The number of carbonyl (C=O) groups is 2. The van der Waals surface area contributed by atoms with E-state index in [2.05, 4.69) is 0 Å². The van der Waals surface area contributed by atoms with Crippen LogP contribution in [0.25, 0.3) is 0 Å². The highest BCUT2D eigenvalue weighted by molar-refractivity contribution is 6.42. The van der Waals surface area contributed by atoms with E-state index in [1.54, 1.807) is 0 Å². The highest BCUT2D eigenvalue weighted by Gasteiger charge is 2.38. The number of carbonyl (C=O) groups excluding carboxylic acids is 2. The van der Waals surface area contributed by atoms with Gasteiger partial charge in [0.05, 0.1) is 0 Å². The van der Waals surface area contributed by atoms with Crippen molar-refractivity contribution in [3.05, 3.63) is 0 Å². The molecule has 0 fully saturated rings. The summed E-state index contributed by atoms with van der Waals surface area (Å²) < 4.78 is 0. The van der Waals surface area contributed by atoms with E-state index >= 15 is 0 Å². The number of ketones is 2. The van der Waals surface area contributed by atoms with Crippen LogP contribution in [0.5, 0.6) is 0 Å². The maximum atomic E-state index is 11.1. The monoisotopic (exact) mass is 174 g/mol.